The summed E-state index contributed by atoms with van der Waals surface area (Å²) < 4.78 is 30.6. The van der Waals surface area contributed by atoms with Crippen LogP contribution in [-0.4, -0.2) is 45.9 Å². The van der Waals surface area contributed by atoms with Gasteiger partial charge < -0.3 is 10.1 Å². The summed E-state index contributed by atoms with van der Waals surface area (Å²) in [5.74, 6) is -0.293. The fourth-order valence-electron chi connectivity index (χ4n) is 3.14. The van der Waals surface area contributed by atoms with Crippen molar-refractivity contribution in [1.82, 2.24) is 5.43 Å². The van der Waals surface area contributed by atoms with Gasteiger partial charge in [-0.25, -0.2) is 13.8 Å². The van der Waals surface area contributed by atoms with Gasteiger partial charge in [-0.1, -0.05) is 30.3 Å². The van der Waals surface area contributed by atoms with E-state index in [-0.39, 0.29) is 5.91 Å². The molecule has 0 bridgehead atoms. The SMILES string of the molecule is COc1ccc(N(CC(=O)N/N=C(/C)c2cccc(NC(=O)c3ccccc3)c2)S(C)(=O)=O)cc1. The first kappa shape index (κ1) is 25.4. The standard InChI is InChI=1S/C25H26N4O5S/c1-18(20-10-7-11-21(16-20)26-25(31)19-8-5-4-6-9-19)27-28-24(30)17-29(35(3,32)33)22-12-14-23(34-2)15-13-22/h4-16H,17H2,1-3H3,(H,26,31)(H,28,30)/b27-18-. The quantitative estimate of drug-likeness (QED) is 0.350. The van der Waals surface area contributed by atoms with Crippen molar-refractivity contribution in [2.45, 2.75) is 6.92 Å². The Morgan fingerprint density at radius 2 is 1.60 bits per heavy atom. The molecule has 0 atom stereocenters. The lowest BCUT2D eigenvalue weighted by molar-refractivity contribution is -0.119. The van der Waals surface area contributed by atoms with Crippen LogP contribution in [0, 0.1) is 0 Å². The third-order valence-corrected chi connectivity index (χ3v) is 6.11. The maximum Gasteiger partial charge on any atom is 0.260 e. The molecule has 0 aliphatic carbocycles. The zero-order valence-electron chi connectivity index (χ0n) is 19.6. The predicted molar refractivity (Wildman–Crippen MR) is 136 cm³/mol. The Balaban J connectivity index is 1.68. The molecule has 0 fully saturated rings. The van der Waals surface area contributed by atoms with Crippen LogP contribution in [0.2, 0.25) is 0 Å². The summed E-state index contributed by atoms with van der Waals surface area (Å²) in [7, 11) is -2.22. The van der Waals surface area contributed by atoms with Gasteiger partial charge in [0.2, 0.25) is 10.0 Å². The summed E-state index contributed by atoms with van der Waals surface area (Å²) >= 11 is 0. The number of methoxy groups -OCH3 is 1. The van der Waals surface area contributed by atoms with Crippen molar-refractivity contribution in [2.75, 3.05) is 29.5 Å². The van der Waals surface area contributed by atoms with E-state index >= 15 is 0 Å². The van der Waals surface area contributed by atoms with E-state index in [4.69, 9.17) is 4.74 Å². The number of nitrogens with one attached hydrogen (secondary N) is 2. The fourth-order valence-corrected chi connectivity index (χ4v) is 4.00. The van der Waals surface area contributed by atoms with Crippen molar-refractivity contribution in [3.8, 4) is 5.75 Å². The van der Waals surface area contributed by atoms with E-state index in [1.54, 1.807) is 79.7 Å². The molecule has 3 aromatic carbocycles. The molecule has 2 N–H and O–H groups in total. The topological polar surface area (TPSA) is 117 Å². The van der Waals surface area contributed by atoms with Crippen LogP contribution in [0.4, 0.5) is 11.4 Å². The van der Waals surface area contributed by atoms with Gasteiger partial charge in [-0.15, -0.1) is 0 Å². The molecule has 35 heavy (non-hydrogen) atoms. The number of anilines is 2. The summed E-state index contributed by atoms with van der Waals surface area (Å²) in [5.41, 5.74) is 4.97. The molecule has 182 valence electrons. The van der Waals surface area contributed by atoms with Gasteiger partial charge in [0.15, 0.2) is 0 Å². The summed E-state index contributed by atoms with van der Waals surface area (Å²) in [6, 6.07) is 22.2. The first-order chi connectivity index (χ1) is 16.7. The number of benzene rings is 3. The largest absolute Gasteiger partial charge is 0.497 e. The highest BCUT2D eigenvalue weighted by Gasteiger charge is 2.21. The van der Waals surface area contributed by atoms with Gasteiger partial charge in [0.25, 0.3) is 11.8 Å². The van der Waals surface area contributed by atoms with Gasteiger partial charge in [0.1, 0.15) is 12.3 Å². The van der Waals surface area contributed by atoms with Crippen LogP contribution in [0.15, 0.2) is 84.0 Å². The van der Waals surface area contributed by atoms with Crippen LogP contribution in [0.5, 0.6) is 5.75 Å². The van der Waals surface area contributed by atoms with Crippen molar-refractivity contribution in [1.29, 1.82) is 0 Å². The van der Waals surface area contributed by atoms with Gasteiger partial charge in [-0.2, -0.15) is 5.10 Å². The van der Waals surface area contributed by atoms with Crippen LogP contribution in [0.3, 0.4) is 0 Å². The van der Waals surface area contributed by atoms with E-state index in [0.29, 0.717) is 34.0 Å². The molecular weight excluding hydrogens is 468 g/mol. The molecule has 3 aromatic rings. The number of amides is 2. The molecule has 0 aliphatic rings. The van der Waals surface area contributed by atoms with E-state index in [0.717, 1.165) is 10.6 Å². The van der Waals surface area contributed by atoms with Crippen molar-refractivity contribution in [2.24, 2.45) is 5.10 Å². The van der Waals surface area contributed by atoms with Crippen molar-refractivity contribution >= 4 is 38.9 Å². The zero-order valence-corrected chi connectivity index (χ0v) is 20.4. The minimum absolute atomic E-state index is 0.245. The molecule has 0 radical (unpaired) electrons. The average Bonchev–Trinajstić information content (AvgIpc) is 2.86. The highest BCUT2D eigenvalue weighted by molar-refractivity contribution is 7.92. The molecule has 3 rings (SSSR count). The Hall–Kier alpha value is -4.18. The van der Waals surface area contributed by atoms with E-state index in [9.17, 15) is 18.0 Å². The number of carbonyl (C=O) groups excluding carboxylic acids is 2. The second-order valence-corrected chi connectivity index (χ2v) is 9.51. The first-order valence-corrected chi connectivity index (χ1v) is 12.4. The number of hydrogen-bond donors (Lipinski definition) is 2. The number of rotatable bonds is 9. The molecule has 0 heterocycles. The second kappa shape index (κ2) is 11.3. The van der Waals surface area contributed by atoms with E-state index in [1.165, 1.54) is 7.11 Å². The first-order valence-electron chi connectivity index (χ1n) is 10.6. The lowest BCUT2D eigenvalue weighted by Crippen LogP contribution is -2.39. The van der Waals surface area contributed by atoms with Gasteiger partial charge in [0, 0.05) is 11.3 Å². The van der Waals surface area contributed by atoms with Gasteiger partial charge in [-0.05, 0) is 61.0 Å². The monoisotopic (exact) mass is 494 g/mol. The zero-order chi connectivity index (χ0) is 25.4. The highest BCUT2D eigenvalue weighted by atomic mass is 32.2. The van der Waals surface area contributed by atoms with Crippen LogP contribution in [0.1, 0.15) is 22.8 Å². The van der Waals surface area contributed by atoms with Gasteiger partial charge in [-0.3, -0.25) is 13.9 Å². The average molecular weight is 495 g/mol. The van der Waals surface area contributed by atoms with E-state index in [1.807, 2.05) is 6.07 Å². The summed E-state index contributed by atoms with van der Waals surface area (Å²) in [5, 5.41) is 6.92. The summed E-state index contributed by atoms with van der Waals surface area (Å²) in [4.78, 5) is 24.9. The third-order valence-electron chi connectivity index (χ3n) is 4.97. The Labute approximate surface area is 204 Å². The predicted octanol–water partition coefficient (Wildman–Crippen LogP) is 3.25. The number of sulfonamides is 1. The number of ether oxygens (including phenoxy) is 1. The maximum atomic E-state index is 12.5. The van der Waals surface area contributed by atoms with E-state index in [2.05, 4.69) is 15.8 Å². The third kappa shape index (κ3) is 7.15. The molecule has 10 heteroatoms. The Morgan fingerprint density at radius 3 is 2.23 bits per heavy atom. The molecule has 0 aliphatic heterocycles. The van der Waals surface area contributed by atoms with Crippen LogP contribution >= 0.6 is 0 Å². The second-order valence-electron chi connectivity index (χ2n) is 7.60. The fraction of sp³-hybridized carbons (Fsp3) is 0.160. The van der Waals surface area contributed by atoms with Crippen LogP contribution in [0.25, 0.3) is 0 Å². The van der Waals surface area contributed by atoms with Gasteiger partial charge in [0.05, 0.1) is 24.8 Å². The van der Waals surface area contributed by atoms with Crippen molar-refractivity contribution < 1.29 is 22.7 Å². The number of nitrogens with zero attached hydrogens (tertiary/aromatic N) is 2. The van der Waals surface area contributed by atoms with Gasteiger partial charge >= 0.3 is 0 Å². The normalized spacial score (nSPS) is 11.5. The van der Waals surface area contributed by atoms with Crippen molar-refractivity contribution in [3.05, 3.63) is 90.0 Å². The lowest BCUT2D eigenvalue weighted by Gasteiger charge is -2.21. The van der Waals surface area contributed by atoms with Crippen LogP contribution in [-0.2, 0) is 14.8 Å². The number of hydrazone groups is 1. The summed E-state index contributed by atoms with van der Waals surface area (Å²) in [6.07, 6.45) is 1.02. The van der Waals surface area contributed by atoms with E-state index < -0.39 is 22.5 Å². The summed E-state index contributed by atoms with van der Waals surface area (Å²) in [6.45, 7) is 1.24. The molecule has 0 aromatic heterocycles. The molecule has 0 saturated heterocycles. The molecular formula is C25H26N4O5S. The molecule has 0 spiro atoms. The maximum absolute atomic E-state index is 12.5. The Kier molecular flexibility index (Phi) is 8.21. The minimum atomic E-state index is -3.72. The highest BCUT2D eigenvalue weighted by Crippen LogP contribution is 2.21. The Morgan fingerprint density at radius 1 is 0.943 bits per heavy atom. The minimum Gasteiger partial charge on any atom is -0.497 e. The lowest BCUT2D eigenvalue weighted by atomic mass is 10.1. The number of carbonyl (C=O) groups is 2. The molecule has 0 unspecified atom stereocenters. The Bertz CT molecular complexity index is 1320. The molecule has 9 nitrogen and oxygen atoms in total. The smallest absolute Gasteiger partial charge is 0.260 e. The molecule has 0 saturated carbocycles. The van der Waals surface area contributed by atoms with Crippen LogP contribution < -0.4 is 19.8 Å². The molecule has 2 amide bonds. The number of hydrogen-bond acceptors (Lipinski definition) is 6. The van der Waals surface area contributed by atoms with Crippen molar-refractivity contribution in [3.63, 3.8) is 0 Å².